The van der Waals surface area contributed by atoms with E-state index in [0.717, 1.165) is 35.5 Å². The molecule has 2 aromatic heterocycles. The first kappa shape index (κ1) is 15.4. The maximum Gasteiger partial charge on any atom is 0.269 e. The summed E-state index contributed by atoms with van der Waals surface area (Å²) in [5, 5.41) is 16.9. The fraction of sp³-hybridized carbons (Fsp3) is 0.538. The predicted octanol–water partition coefficient (Wildman–Crippen LogP) is 1.42. The third kappa shape index (κ3) is 3.78. The molecule has 2 heterocycles. The van der Waals surface area contributed by atoms with Crippen LogP contribution in [-0.2, 0) is 6.54 Å². The lowest BCUT2D eigenvalue weighted by molar-refractivity contribution is 0.630. The Morgan fingerprint density at radius 2 is 2.05 bits per heavy atom. The third-order valence-corrected chi connectivity index (χ3v) is 3.93. The molecule has 0 radical (unpaired) electrons. The molecule has 0 unspecified atom stereocenters. The van der Waals surface area contributed by atoms with Crippen LogP contribution in [0.3, 0.4) is 0 Å². The number of nitrogens with zero attached hydrogens (tertiary/aromatic N) is 5. The van der Waals surface area contributed by atoms with E-state index in [1.54, 1.807) is 12.3 Å². The summed E-state index contributed by atoms with van der Waals surface area (Å²) in [5.74, 6) is 0. The van der Waals surface area contributed by atoms with Crippen molar-refractivity contribution < 1.29 is 0 Å². The molecule has 7 nitrogen and oxygen atoms in total. The first-order chi connectivity index (χ1) is 10.2. The number of hydrogen-bond acceptors (Lipinski definition) is 7. The van der Waals surface area contributed by atoms with Crippen LogP contribution in [-0.4, -0.2) is 39.6 Å². The van der Waals surface area contributed by atoms with Gasteiger partial charge in [0.2, 0.25) is 5.13 Å². The Labute approximate surface area is 127 Å². The second kappa shape index (κ2) is 7.16. The fourth-order valence-electron chi connectivity index (χ4n) is 1.97. The zero-order valence-corrected chi connectivity index (χ0v) is 13.4. The molecule has 0 aliphatic heterocycles. The molecular weight excluding hydrogens is 288 g/mol. The molecule has 114 valence electrons. The topological polar surface area (TPSA) is 75.9 Å². The first-order valence-corrected chi connectivity index (χ1v) is 7.87. The molecule has 0 spiro atoms. The SMILES string of the molecule is CCNc1nnc(Cn2ncc(N(CC)CC)cc2=O)s1. The Balaban J connectivity index is 2.15. The van der Waals surface area contributed by atoms with Crippen LogP contribution in [0, 0.1) is 0 Å². The Bertz CT molecular complexity index is 634. The van der Waals surface area contributed by atoms with E-state index in [-0.39, 0.29) is 5.56 Å². The number of rotatable bonds is 7. The summed E-state index contributed by atoms with van der Waals surface area (Å²) in [6.07, 6.45) is 1.72. The predicted molar refractivity (Wildman–Crippen MR) is 85.2 cm³/mol. The van der Waals surface area contributed by atoms with Crippen molar-refractivity contribution in [2.75, 3.05) is 29.9 Å². The number of hydrogen-bond donors (Lipinski definition) is 1. The molecule has 0 aliphatic carbocycles. The van der Waals surface area contributed by atoms with E-state index in [1.165, 1.54) is 16.0 Å². The molecule has 0 bridgehead atoms. The van der Waals surface area contributed by atoms with Crippen molar-refractivity contribution >= 4 is 22.2 Å². The van der Waals surface area contributed by atoms with E-state index in [4.69, 9.17) is 0 Å². The molecule has 0 aliphatic rings. The van der Waals surface area contributed by atoms with Crippen molar-refractivity contribution in [2.24, 2.45) is 0 Å². The quantitative estimate of drug-likeness (QED) is 0.834. The van der Waals surface area contributed by atoms with Crippen molar-refractivity contribution in [3.8, 4) is 0 Å². The lowest BCUT2D eigenvalue weighted by Gasteiger charge is -2.20. The highest BCUT2D eigenvalue weighted by molar-refractivity contribution is 7.15. The third-order valence-electron chi connectivity index (χ3n) is 3.06. The Morgan fingerprint density at radius 3 is 2.67 bits per heavy atom. The molecule has 2 rings (SSSR count). The molecule has 0 fully saturated rings. The summed E-state index contributed by atoms with van der Waals surface area (Å²) in [6, 6.07) is 1.62. The van der Waals surface area contributed by atoms with Crippen LogP contribution in [0.25, 0.3) is 0 Å². The van der Waals surface area contributed by atoms with E-state index in [1.807, 2.05) is 6.92 Å². The van der Waals surface area contributed by atoms with E-state index < -0.39 is 0 Å². The van der Waals surface area contributed by atoms with Crippen molar-refractivity contribution in [1.82, 2.24) is 20.0 Å². The van der Waals surface area contributed by atoms with Crippen molar-refractivity contribution in [3.63, 3.8) is 0 Å². The monoisotopic (exact) mass is 308 g/mol. The Hall–Kier alpha value is -1.96. The highest BCUT2D eigenvalue weighted by Crippen LogP contribution is 2.15. The van der Waals surface area contributed by atoms with Crippen LogP contribution >= 0.6 is 11.3 Å². The van der Waals surface area contributed by atoms with E-state index >= 15 is 0 Å². The average Bonchev–Trinajstić information content (AvgIpc) is 2.91. The molecule has 0 atom stereocenters. The molecule has 0 saturated carbocycles. The number of nitrogens with one attached hydrogen (secondary N) is 1. The van der Waals surface area contributed by atoms with Gasteiger partial charge in [-0.05, 0) is 20.8 Å². The van der Waals surface area contributed by atoms with Gasteiger partial charge in [-0.3, -0.25) is 4.79 Å². The summed E-state index contributed by atoms with van der Waals surface area (Å²) in [5.41, 5.74) is 0.728. The van der Waals surface area contributed by atoms with Crippen LogP contribution in [0.2, 0.25) is 0 Å². The highest BCUT2D eigenvalue weighted by atomic mass is 32.1. The average molecular weight is 308 g/mol. The van der Waals surface area contributed by atoms with Gasteiger partial charge in [0.05, 0.1) is 18.4 Å². The maximum atomic E-state index is 12.1. The normalized spacial score (nSPS) is 10.6. The van der Waals surface area contributed by atoms with Crippen LogP contribution in [0.1, 0.15) is 25.8 Å². The second-order valence-corrected chi connectivity index (χ2v) is 5.48. The summed E-state index contributed by atoms with van der Waals surface area (Å²) < 4.78 is 1.41. The summed E-state index contributed by atoms with van der Waals surface area (Å²) in [6.45, 7) is 8.95. The minimum Gasteiger partial charge on any atom is -0.371 e. The van der Waals surface area contributed by atoms with E-state index in [9.17, 15) is 4.79 Å². The summed E-state index contributed by atoms with van der Waals surface area (Å²) in [7, 11) is 0. The molecule has 2 aromatic rings. The minimum absolute atomic E-state index is 0.125. The Kier molecular flexibility index (Phi) is 5.26. The summed E-state index contributed by atoms with van der Waals surface area (Å²) >= 11 is 1.44. The van der Waals surface area contributed by atoms with Gasteiger partial charge in [0, 0.05) is 25.7 Å². The minimum atomic E-state index is -0.125. The fourth-order valence-corrected chi connectivity index (χ4v) is 2.76. The maximum absolute atomic E-state index is 12.1. The van der Waals surface area contributed by atoms with Gasteiger partial charge in [0.15, 0.2) is 0 Å². The number of aromatic nitrogens is 4. The van der Waals surface area contributed by atoms with Gasteiger partial charge in [-0.1, -0.05) is 11.3 Å². The van der Waals surface area contributed by atoms with Gasteiger partial charge in [-0.15, -0.1) is 10.2 Å². The molecule has 0 aromatic carbocycles. The first-order valence-electron chi connectivity index (χ1n) is 7.06. The molecule has 8 heteroatoms. The largest absolute Gasteiger partial charge is 0.371 e. The Morgan fingerprint density at radius 1 is 1.29 bits per heavy atom. The van der Waals surface area contributed by atoms with Crippen LogP contribution < -0.4 is 15.8 Å². The highest BCUT2D eigenvalue weighted by Gasteiger charge is 2.08. The van der Waals surface area contributed by atoms with Crippen LogP contribution in [0.5, 0.6) is 0 Å². The van der Waals surface area contributed by atoms with Crippen molar-refractivity contribution in [3.05, 3.63) is 27.6 Å². The molecule has 1 N–H and O–H groups in total. The van der Waals surface area contributed by atoms with Gasteiger partial charge in [-0.25, -0.2) is 4.68 Å². The van der Waals surface area contributed by atoms with Gasteiger partial charge in [0.25, 0.3) is 5.56 Å². The molecule has 0 amide bonds. The lowest BCUT2D eigenvalue weighted by Crippen LogP contribution is -2.28. The van der Waals surface area contributed by atoms with Crippen molar-refractivity contribution in [1.29, 1.82) is 0 Å². The van der Waals surface area contributed by atoms with Gasteiger partial charge in [-0.2, -0.15) is 5.10 Å². The second-order valence-electron chi connectivity index (χ2n) is 4.41. The lowest BCUT2D eigenvalue weighted by atomic mass is 10.4. The zero-order valence-electron chi connectivity index (χ0n) is 12.5. The number of anilines is 2. The standard InChI is InChI=1S/C13H20N6OS/c1-4-14-13-17-16-11(21-13)9-19-12(20)7-10(8-15-19)18(5-2)6-3/h7-8H,4-6,9H2,1-3H3,(H,14,17). The van der Waals surface area contributed by atoms with Crippen molar-refractivity contribution in [2.45, 2.75) is 27.3 Å². The summed E-state index contributed by atoms with van der Waals surface area (Å²) in [4.78, 5) is 14.2. The van der Waals surface area contributed by atoms with Crippen LogP contribution in [0.4, 0.5) is 10.8 Å². The van der Waals surface area contributed by atoms with Gasteiger partial charge >= 0.3 is 0 Å². The van der Waals surface area contributed by atoms with E-state index in [2.05, 4.69) is 39.4 Å². The zero-order chi connectivity index (χ0) is 15.2. The van der Waals surface area contributed by atoms with Gasteiger partial charge in [0.1, 0.15) is 5.01 Å². The molecular formula is C13H20N6OS. The molecule has 0 saturated heterocycles. The van der Waals surface area contributed by atoms with Gasteiger partial charge < -0.3 is 10.2 Å². The molecule has 21 heavy (non-hydrogen) atoms. The van der Waals surface area contributed by atoms with E-state index in [0.29, 0.717) is 6.54 Å². The smallest absolute Gasteiger partial charge is 0.269 e. The van der Waals surface area contributed by atoms with Crippen LogP contribution in [0.15, 0.2) is 17.1 Å².